The summed E-state index contributed by atoms with van der Waals surface area (Å²) in [6.07, 6.45) is 5.44. The van der Waals surface area contributed by atoms with Gasteiger partial charge in [0, 0.05) is 101 Å². The molecular weight excluding hydrogens is 1370 g/mol. The normalized spacial score (nSPS) is 11.8. The third kappa shape index (κ3) is 10.5. The topological polar surface area (TPSA) is 123 Å². The first-order valence-electron chi connectivity index (χ1n) is 37.5. The van der Waals surface area contributed by atoms with E-state index in [1.807, 2.05) is 30.5 Å². The third-order valence-corrected chi connectivity index (χ3v) is 21.9. The van der Waals surface area contributed by atoms with Gasteiger partial charge >= 0.3 is 0 Å². The fourth-order valence-electron chi connectivity index (χ4n) is 16.8. The highest BCUT2D eigenvalue weighted by atomic mass is 15.1. The Hall–Kier alpha value is -15.4. The molecule has 112 heavy (non-hydrogen) atoms. The molecule has 0 unspecified atom stereocenters. The number of aromatic nitrogens is 12. The molecule has 12 heteroatoms. The predicted molar refractivity (Wildman–Crippen MR) is 455 cm³/mol. The second-order valence-corrected chi connectivity index (χ2v) is 28.2. The van der Waals surface area contributed by atoms with Crippen molar-refractivity contribution in [3.05, 3.63) is 377 Å². The molecule has 0 aliphatic rings. The monoisotopic (exact) mass is 1430 g/mol. The number of hydrogen-bond donors (Lipinski definition) is 0. The Morgan fingerprint density at radius 3 is 0.866 bits per heavy atom. The van der Waals surface area contributed by atoms with Crippen LogP contribution >= 0.6 is 0 Å². The number of pyridine rings is 2. The van der Waals surface area contributed by atoms with Crippen molar-refractivity contribution >= 4 is 87.2 Å². The molecule has 0 radical (unpaired) electrons. The predicted octanol–water partition coefficient (Wildman–Crippen LogP) is 24.2. The van der Waals surface area contributed by atoms with Gasteiger partial charge in [-0.3, -0.25) is 9.97 Å². The van der Waals surface area contributed by atoms with Crippen LogP contribution in [0.2, 0.25) is 0 Å². The molecule has 0 spiro atoms. The van der Waals surface area contributed by atoms with E-state index in [4.69, 9.17) is 34.9 Å². The van der Waals surface area contributed by atoms with Gasteiger partial charge in [0.1, 0.15) is 0 Å². The Balaban J connectivity index is 0.651. The molecule has 8 aromatic heterocycles. The van der Waals surface area contributed by atoms with E-state index in [2.05, 4.69) is 357 Å². The summed E-state index contributed by atoms with van der Waals surface area (Å²) < 4.78 is 9.58. The van der Waals surface area contributed by atoms with Crippen molar-refractivity contribution in [2.75, 3.05) is 0 Å². The molecular formula is C100H62N12. The summed E-state index contributed by atoms with van der Waals surface area (Å²) in [5.41, 5.74) is 23.4. The lowest BCUT2D eigenvalue weighted by Gasteiger charge is -2.20. The summed E-state index contributed by atoms with van der Waals surface area (Å²) in [7, 11) is 0. The summed E-state index contributed by atoms with van der Waals surface area (Å²) in [5.74, 6) is 3.10. The summed E-state index contributed by atoms with van der Waals surface area (Å²) in [6, 6.07) is 126. The molecule has 0 aliphatic heterocycles. The van der Waals surface area contributed by atoms with Gasteiger partial charge in [0.15, 0.2) is 34.9 Å². The van der Waals surface area contributed by atoms with Gasteiger partial charge in [0.2, 0.25) is 0 Å². The van der Waals surface area contributed by atoms with Gasteiger partial charge in [0.25, 0.3) is 0 Å². The number of fused-ring (bicyclic) bond motifs is 12. The van der Waals surface area contributed by atoms with E-state index in [-0.39, 0.29) is 0 Å². The summed E-state index contributed by atoms with van der Waals surface area (Å²) >= 11 is 0. The van der Waals surface area contributed by atoms with Crippen LogP contribution in [0.5, 0.6) is 0 Å². The van der Waals surface area contributed by atoms with Crippen LogP contribution in [-0.4, -0.2) is 58.1 Å². The van der Waals surface area contributed by atoms with E-state index in [1.165, 1.54) is 21.5 Å². The molecule has 0 amide bonds. The molecule has 0 saturated carbocycles. The Labute approximate surface area is 642 Å². The van der Waals surface area contributed by atoms with Crippen molar-refractivity contribution in [2.24, 2.45) is 0 Å². The first-order valence-corrected chi connectivity index (χ1v) is 37.5. The van der Waals surface area contributed by atoms with Gasteiger partial charge in [-0.15, -0.1) is 0 Å². The Kier molecular flexibility index (Phi) is 15.0. The van der Waals surface area contributed by atoms with Crippen molar-refractivity contribution in [1.82, 2.24) is 58.1 Å². The number of hydrogen-bond acceptors (Lipinski definition) is 8. The van der Waals surface area contributed by atoms with Crippen molar-refractivity contribution in [2.45, 2.75) is 0 Å². The Bertz CT molecular complexity index is 7270. The number of para-hydroxylation sites is 10. The quantitative estimate of drug-likeness (QED) is 0.112. The van der Waals surface area contributed by atoms with Crippen LogP contribution in [0.25, 0.3) is 212 Å². The van der Waals surface area contributed by atoms with E-state index >= 15 is 0 Å². The maximum Gasteiger partial charge on any atom is 0.166 e. The summed E-state index contributed by atoms with van der Waals surface area (Å²) in [5, 5.41) is 9.27. The number of nitrogens with zero attached hydrogens (tertiary/aromatic N) is 12. The van der Waals surface area contributed by atoms with Crippen LogP contribution < -0.4 is 0 Å². The lowest BCUT2D eigenvalue weighted by molar-refractivity contribution is 1.05. The average Bonchev–Trinajstić information content (AvgIpc) is 1.54. The average molecular weight is 1430 g/mol. The zero-order valence-corrected chi connectivity index (χ0v) is 60.2. The molecule has 0 saturated heterocycles. The zero-order chi connectivity index (χ0) is 73.7. The molecule has 0 fully saturated rings. The number of rotatable bonds is 13. The second-order valence-electron chi connectivity index (χ2n) is 28.2. The highest BCUT2D eigenvalue weighted by Gasteiger charge is 2.28. The van der Waals surface area contributed by atoms with E-state index < -0.39 is 0 Å². The highest BCUT2D eigenvalue weighted by molar-refractivity contribution is 6.14. The van der Waals surface area contributed by atoms with Crippen molar-refractivity contribution < 1.29 is 0 Å². The van der Waals surface area contributed by atoms with E-state index in [1.54, 1.807) is 12.4 Å². The van der Waals surface area contributed by atoms with Crippen molar-refractivity contribution in [1.29, 1.82) is 0 Å². The van der Waals surface area contributed by atoms with Gasteiger partial charge in [0.05, 0.1) is 72.6 Å². The van der Waals surface area contributed by atoms with Crippen LogP contribution in [0.1, 0.15) is 0 Å². The lowest BCUT2D eigenvalue weighted by atomic mass is 10.00. The maximum atomic E-state index is 5.56. The molecule has 0 atom stereocenters. The van der Waals surface area contributed by atoms with E-state index in [0.717, 1.165) is 155 Å². The molecule has 22 aromatic rings. The summed E-state index contributed by atoms with van der Waals surface area (Å²) in [6.45, 7) is 0. The van der Waals surface area contributed by atoms with Gasteiger partial charge in [-0.2, -0.15) is 0 Å². The summed E-state index contributed by atoms with van der Waals surface area (Å²) in [4.78, 5) is 42.3. The van der Waals surface area contributed by atoms with Gasteiger partial charge in [-0.25, -0.2) is 29.9 Å². The molecule has 0 aliphatic carbocycles. The zero-order valence-electron chi connectivity index (χ0n) is 60.2. The standard InChI is InChI=1S/C100H62N12/c1-2-24-63(25-3-1)64-49-53-66(54-50-64)95-103-96(106-99(105-95)80-37-21-47-91(109-83-39-12-4-29-72(83)73-30-5-13-40-84(73)109)93(80)111-87-43-16-8-33-76(87)77-34-9-17-44-88(77)111)67-55-51-65(52-56-67)68-26-20-27-69(60-68)82-58-57-71(62-102-82)98-104-97(70-28-23-59-101-61-70)107-100(108-98)81-38-22-48-92(110-85-41-14-6-31-74(85)75-32-7-15-42-86(75)110)94(81)112-89-45-18-10-35-78(89)79-36-11-19-46-90(79)112/h1-62H. The third-order valence-electron chi connectivity index (χ3n) is 21.9. The smallest absolute Gasteiger partial charge is 0.166 e. The van der Waals surface area contributed by atoms with Crippen LogP contribution in [0, 0.1) is 0 Å². The minimum atomic E-state index is 0.474. The van der Waals surface area contributed by atoms with Gasteiger partial charge < -0.3 is 18.3 Å². The second kappa shape index (κ2) is 26.2. The van der Waals surface area contributed by atoms with Crippen LogP contribution in [-0.2, 0) is 0 Å². The minimum Gasteiger partial charge on any atom is -0.307 e. The highest BCUT2D eigenvalue weighted by Crippen LogP contribution is 2.46. The Morgan fingerprint density at radius 1 is 0.188 bits per heavy atom. The Morgan fingerprint density at radius 2 is 0.482 bits per heavy atom. The van der Waals surface area contributed by atoms with Crippen LogP contribution in [0.3, 0.4) is 0 Å². The van der Waals surface area contributed by atoms with E-state index in [9.17, 15) is 0 Å². The molecule has 22 rings (SSSR count). The molecule has 0 bridgehead atoms. The fraction of sp³-hybridized carbons (Fsp3) is 0. The van der Waals surface area contributed by atoms with Crippen LogP contribution in [0.4, 0.5) is 0 Å². The van der Waals surface area contributed by atoms with Gasteiger partial charge in [-0.1, -0.05) is 255 Å². The largest absolute Gasteiger partial charge is 0.307 e. The van der Waals surface area contributed by atoms with Crippen LogP contribution in [0.15, 0.2) is 377 Å². The molecule has 522 valence electrons. The fourth-order valence-corrected chi connectivity index (χ4v) is 16.8. The van der Waals surface area contributed by atoms with Crippen molar-refractivity contribution in [3.63, 3.8) is 0 Å². The molecule has 14 aromatic carbocycles. The SMILES string of the molecule is c1ccc(-c2ccc(-c3nc(-c4ccc(-c5cccc(-c6ccc(-c7nc(-c8cccnc8)nc(-c8cccc(-n9c%10ccccc%10c%10ccccc%109)c8-n8c9ccccc9c9ccccc98)n7)cn6)c5)cc4)nc(-c4cccc(-n5c6ccccc6c6ccccc65)c4-n4c5ccccc5c5ccccc54)n3)cc2)cc1. The molecule has 0 N–H and O–H groups in total. The first kappa shape index (κ1) is 63.8. The maximum absolute atomic E-state index is 5.56. The first-order chi connectivity index (χ1) is 55.6. The molecule has 8 heterocycles. The molecule has 12 nitrogen and oxygen atoms in total. The van der Waals surface area contributed by atoms with E-state index in [0.29, 0.717) is 34.9 Å². The minimum absolute atomic E-state index is 0.474. The van der Waals surface area contributed by atoms with Gasteiger partial charge in [-0.05, 0) is 125 Å². The number of benzene rings is 14. The lowest BCUT2D eigenvalue weighted by Crippen LogP contribution is -2.08. The van der Waals surface area contributed by atoms with Crippen molar-refractivity contribution in [3.8, 4) is 125 Å².